The van der Waals surface area contributed by atoms with E-state index in [9.17, 15) is 0 Å². The molecule has 0 unspecified atom stereocenters. The number of aryl methyl sites for hydroxylation is 2. The Labute approximate surface area is 111 Å². The van der Waals surface area contributed by atoms with Crippen LogP contribution in [-0.4, -0.2) is 29.8 Å². The lowest BCUT2D eigenvalue weighted by Crippen LogP contribution is -2.29. The van der Waals surface area contributed by atoms with Gasteiger partial charge in [0, 0.05) is 19.6 Å². The highest BCUT2D eigenvalue weighted by atomic mass is 15.1. The third-order valence-electron chi connectivity index (χ3n) is 2.76. The second kappa shape index (κ2) is 8.16. The molecule has 0 amide bonds. The van der Waals surface area contributed by atoms with Crippen LogP contribution in [0.2, 0.25) is 0 Å². The van der Waals surface area contributed by atoms with Gasteiger partial charge in [-0.2, -0.15) is 10.2 Å². The maximum absolute atomic E-state index is 4.23. The smallest absolute Gasteiger partial charge is 0.0673 e. The van der Waals surface area contributed by atoms with Crippen LogP contribution in [0.5, 0.6) is 0 Å². The standard InChI is InChI=1S/C14H26N4/c1-5-14-13(8-12(4)17-18-14)10-16-7-6-15-9-11(2)3/h8,11,15-16H,5-7,9-10H2,1-4H3. The highest BCUT2D eigenvalue weighted by Crippen LogP contribution is 2.06. The Bertz CT molecular complexity index is 350. The molecule has 0 aliphatic heterocycles. The average Bonchev–Trinajstić information content (AvgIpc) is 2.33. The monoisotopic (exact) mass is 250 g/mol. The van der Waals surface area contributed by atoms with E-state index in [1.165, 1.54) is 5.56 Å². The predicted octanol–water partition coefficient (Wildman–Crippen LogP) is 1.68. The molecule has 0 aromatic carbocycles. The molecule has 2 N–H and O–H groups in total. The molecule has 1 rings (SSSR count). The van der Waals surface area contributed by atoms with E-state index >= 15 is 0 Å². The van der Waals surface area contributed by atoms with E-state index in [1.807, 2.05) is 6.92 Å². The molecule has 4 nitrogen and oxygen atoms in total. The highest BCUT2D eigenvalue weighted by molar-refractivity contribution is 5.20. The number of nitrogens with zero attached hydrogens (tertiary/aromatic N) is 2. The molecule has 0 saturated carbocycles. The van der Waals surface area contributed by atoms with Crippen molar-refractivity contribution in [1.29, 1.82) is 0 Å². The third-order valence-corrected chi connectivity index (χ3v) is 2.76. The number of rotatable bonds is 8. The van der Waals surface area contributed by atoms with E-state index in [0.717, 1.165) is 44.0 Å². The van der Waals surface area contributed by atoms with Crippen molar-refractivity contribution >= 4 is 0 Å². The minimum Gasteiger partial charge on any atom is -0.315 e. The predicted molar refractivity (Wildman–Crippen MR) is 75.6 cm³/mol. The largest absolute Gasteiger partial charge is 0.315 e. The molecule has 0 atom stereocenters. The molecule has 0 radical (unpaired) electrons. The molecule has 0 aliphatic rings. The summed E-state index contributed by atoms with van der Waals surface area (Å²) in [6, 6.07) is 2.13. The average molecular weight is 250 g/mol. The van der Waals surface area contributed by atoms with Crippen LogP contribution >= 0.6 is 0 Å². The van der Waals surface area contributed by atoms with Gasteiger partial charge in [0.2, 0.25) is 0 Å². The third kappa shape index (κ3) is 5.56. The maximum atomic E-state index is 4.23. The molecule has 4 heteroatoms. The minimum absolute atomic E-state index is 0.712. The van der Waals surface area contributed by atoms with Gasteiger partial charge >= 0.3 is 0 Å². The summed E-state index contributed by atoms with van der Waals surface area (Å²) in [7, 11) is 0. The van der Waals surface area contributed by atoms with E-state index < -0.39 is 0 Å². The fourth-order valence-corrected chi connectivity index (χ4v) is 1.81. The molecule has 1 aromatic heterocycles. The van der Waals surface area contributed by atoms with E-state index in [4.69, 9.17) is 0 Å². The van der Waals surface area contributed by atoms with E-state index in [-0.39, 0.29) is 0 Å². The number of hydrogen-bond acceptors (Lipinski definition) is 4. The van der Waals surface area contributed by atoms with Crippen LogP contribution in [0.4, 0.5) is 0 Å². The molecule has 0 aliphatic carbocycles. The first kappa shape index (κ1) is 15.1. The van der Waals surface area contributed by atoms with Crippen molar-refractivity contribution in [1.82, 2.24) is 20.8 Å². The van der Waals surface area contributed by atoms with Crippen molar-refractivity contribution in [2.45, 2.75) is 40.7 Å². The van der Waals surface area contributed by atoms with E-state index in [2.05, 4.69) is 47.7 Å². The Hall–Kier alpha value is -1.00. The Morgan fingerprint density at radius 1 is 1.17 bits per heavy atom. The molecule has 0 bridgehead atoms. The highest BCUT2D eigenvalue weighted by Gasteiger charge is 2.03. The summed E-state index contributed by atoms with van der Waals surface area (Å²) in [5, 5.41) is 15.2. The van der Waals surface area contributed by atoms with Gasteiger partial charge in [0.25, 0.3) is 0 Å². The van der Waals surface area contributed by atoms with Crippen LogP contribution in [0.25, 0.3) is 0 Å². The molecule has 0 fully saturated rings. The van der Waals surface area contributed by atoms with E-state index in [0.29, 0.717) is 5.92 Å². The number of hydrogen-bond donors (Lipinski definition) is 2. The van der Waals surface area contributed by atoms with Crippen LogP contribution in [0.15, 0.2) is 6.07 Å². The summed E-state index contributed by atoms with van der Waals surface area (Å²) in [4.78, 5) is 0. The Kier molecular flexibility index (Phi) is 6.83. The van der Waals surface area contributed by atoms with Crippen molar-refractivity contribution in [3.05, 3.63) is 23.0 Å². The molecule has 0 saturated heterocycles. The van der Waals surface area contributed by atoms with Crippen LogP contribution < -0.4 is 10.6 Å². The second-order valence-corrected chi connectivity index (χ2v) is 5.09. The second-order valence-electron chi connectivity index (χ2n) is 5.09. The van der Waals surface area contributed by atoms with Crippen LogP contribution in [0, 0.1) is 12.8 Å². The van der Waals surface area contributed by atoms with Gasteiger partial charge in [-0.05, 0) is 37.4 Å². The Morgan fingerprint density at radius 3 is 2.56 bits per heavy atom. The summed E-state index contributed by atoms with van der Waals surface area (Å²) < 4.78 is 0. The Balaban J connectivity index is 2.28. The SMILES string of the molecule is CCc1nnc(C)cc1CNCCNCC(C)C. The van der Waals surface area contributed by atoms with Crippen molar-refractivity contribution < 1.29 is 0 Å². The number of aromatic nitrogens is 2. The zero-order valence-corrected chi connectivity index (χ0v) is 12.1. The normalized spacial score (nSPS) is 11.2. The Morgan fingerprint density at radius 2 is 1.89 bits per heavy atom. The van der Waals surface area contributed by atoms with Crippen molar-refractivity contribution in [3.8, 4) is 0 Å². The molecule has 18 heavy (non-hydrogen) atoms. The summed E-state index contributed by atoms with van der Waals surface area (Å²) in [6.07, 6.45) is 0.940. The van der Waals surface area contributed by atoms with Gasteiger partial charge in [-0.25, -0.2) is 0 Å². The van der Waals surface area contributed by atoms with Crippen LogP contribution in [0.3, 0.4) is 0 Å². The van der Waals surface area contributed by atoms with Crippen LogP contribution in [0.1, 0.15) is 37.7 Å². The van der Waals surface area contributed by atoms with Crippen molar-refractivity contribution in [3.63, 3.8) is 0 Å². The quantitative estimate of drug-likeness (QED) is 0.689. The lowest BCUT2D eigenvalue weighted by molar-refractivity contribution is 0.534. The van der Waals surface area contributed by atoms with Crippen molar-refractivity contribution in [2.24, 2.45) is 5.92 Å². The van der Waals surface area contributed by atoms with Gasteiger partial charge in [-0.1, -0.05) is 20.8 Å². The van der Waals surface area contributed by atoms with Crippen molar-refractivity contribution in [2.75, 3.05) is 19.6 Å². The summed E-state index contributed by atoms with van der Waals surface area (Å²) in [5.74, 6) is 0.712. The molecule has 1 heterocycles. The van der Waals surface area contributed by atoms with Gasteiger partial charge in [0.05, 0.1) is 11.4 Å². The van der Waals surface area contributed by atoms with Gasteiger partial charge < -0.3 is 10.6 Å². The van der Waals surface area contributed by atoms with Gasteiger partial charge in [0.15, 0.2) is 0 Å². The number of nitrogens with one attached hydrogen (secondary N) is 2. The fraction of sp³-hybridized carbons (Fsp3) is 0.714. The lowest BCUT2D eigenvalue weighted by Gasteiger charge is -2.10. The van der Waals surface area contributed by atoms with Gasteiger partial charge in [-0.3, -0.25) is 0 Å². The lowest BCUT2D eigenvalue weighted by atomic mass is 10.1. The van der Waals surface area contributed by atoms with Gasteiger partial charge in [0.1, 0.15) is 0 Å². The summed E-state index contributed by atoms with van der Waals surface area (Å²) in [6.45, 7) is 12.5. The summed E-state index contributed by atoms with van der Waals surface area (Å²) >= 11 is 0. The molecule has 1 aromatic rings. The molecule has 0 spiro atoms. The fourth-order valence-electron chi connectivity index (χ4n) is 1.81. The first-order valence-corrected chi connectivity index (χ1v) is 6.87. The molecular weight excluding hydrogens is 224 g/mol. The van der Waals surface area contributed by atoms with Crippen LogP contribution in [-0.2, 0) is 13.0 Å². The zero-order chi connectivity index (χ0) is 13.4. The molecular formula is C14H26N4. The first-order valence-electron chi connectivity index (χ1n) is 6.87. The van der Waals surface area contributed by atoms with E-state index in [1.54, 1.807) is 0 Å². The minimum atomic E-state index is 0.712. The first-order chi connectivity index (χ1) is 8.63. The molecule has 102 valence electrons. The van der Waals surface area contributed by atoms with Gasteiger partial charge in [-0.15, -0.1) is 0 Å². The topological polar surface area (TPSA) is 49.8 Å². The maximum Gasteiger partial charge on any atom is 0.0673 e. The zero-order valence-electron chi connectivity index (χ0n) is 12.1. The summed E-state index contributed by atoms with van der Waals surface area (Å²) in [5.41, 5.74) is 3.36.